The molecule has 2 rings (SSSR count). The maximum atomic E-state index is 12.0. The normalized spacial score (nSPS) is 14.8. The van der Waals surface area contributed by atoms with Crippen LogP contribution < -0.4 is 10.6 Å². The van der Waals surface area contributed by atoms with Gasteiger partial charge < -0.3 is 20.1 Å². The number of nitrogens with two attached hydrogens (primary N) is 1. The van der Waals surface area contributed by atoms with Crippen LogP contribution >= 0.6 is 0 Å². The third kappa shape index (κ3) is 3.18. The molecule has 5 nitrogen and oxygen atoms in total. The lowest BCUT2D eigenvalue weighted by Gasteiger charge is -2.30. The van der Waals surface area contributed by atoms with E-state index in [4.69, 9.17) is 21.6 Å². The summed E-state index contributed by atoms with van der Waals surface area (Å²) in [6, 6.07) is 5.21. The molecule has 0 aromatic heterocycles. The van der Waals surface area contributed by atoms with E-state index in [1.807, 2.05) is 6.07 Å². The minimum Gasteiger partial charge on any atom is -0.449 e. The lowest BCUT2D eigenvalue weighted by atomic mass is 10.1. The minimum absolute atomic E-state index is 0.0455. The highest BCUT2D eigenvalue weighted by molar-refractivity contribution is 5.97. The molecule has 1 aromatic carbocycles. The Bertz CT molecular complexity index is 502. The average Bonchev–Trinajstić information content (AvgIpc) is 2.45. The van der Waals surface area contributed by atoms with Crippen molar-refractivity contribution in [2.45, 2.75) is 0 Å². The van der Waals surface area contributed by atoms with Crippen molar-refractivity contribution in [2.24, 2.45) is 0 Å². The van der Waals surface area contributed by atoms with Gasteiger partial charge >= 0.3 is 5.97 Å². The van der Waals surface area contributed by atoms with Crippen LogP contribution in [0.1, 0.15) is 10.4 Å². The lowest BCUT2D eigenvalue weighted by molar-refractivity contribution is 0.0556. The first-order chi connectivity index (χ1) is 9.22. The zero-order chi connectivity index (χ0) is 13.7. The van der Waals surface area contributed by atoms with Gasteiger partial charge in [0.25, 0.3) is 0 Å². The molecule has 0 spiro atoms. The van der Waals surface area contributed by atoms with Crippen LogP contribution in [0.4, 0.5) is 11.4 Å². The Kier molecular flexibility index (Phi) is 4.26. The highest BCUT2D eigenvalue weighted by Crippen LogP contribution is 2.24. The molecule has 0 saturated carbocycles. The van der Waals surface area contributed by atoms with E-state index in [9.17, 15) is 4.79 Å². The Hall–Kier alpha value is -2.19. The Morgan fingerprint density at radius 3 is 2.89 bits per heavy atom. The first kappa shape index (κ1) is 13.2. The fourth-order valence-electron chi connectivity index (χ4n) is 1.98. The van der Waals surface area contributed by atoms with Crippen molar-refractivity contribution in [1.82, 2.24) is 0 Å². The summed E-state index contributed by atoms with van der Waals surface area (Å²) in [7, 11) is 0. The number of benzene rings is 1. The molecule has 0 atom stereocenters. The fourth-order valence-corrected chi connectivity index (χ4v) is 1.98. The molecule has 5 heteroatoms. The zero-order valence-corrected chi connectivity index (χ0v) is 10.6. The molecule has 1 aliphatic rings. The second-order valence-electron chi connectivity index (χ2n) is 4.16. The number of rotatable bonds is 3. The Balaban J connectivity index is 2.26. The molecule has 1 saturated heterocycles. The van der Waals surface area contributed by atoms with Gasteiger partial charge in [0.2, 0.25) is 0 Å². The van der Waals surface area contributed by atoms with E-state index >= 15 is 0 Å². The predicted octanol–water partition coefficient (Wildman–Crippen LogP) is 0.895. The molecular weight excluding hydrogens is 244 g/mol. The topological polar surface area (TPSA) is 64.8 Å². The van der Waals surface area contributed by atoms with Gasteiger partial charge in [-0.15, -0.1) is 6.42 Å². The number of hydrogen-bond donors (Lipinski definition) is 1. The number of esters is 1. The van der Waals surface area contributed by atoms with Crippen LogP contribution in [0.3, 0.4) is 0 Å². The summed E-state index contributed by atoms with van der Waals surface area (Å²) >= 11 is 0. The summed E-state index contributed by atoms with van der Waals surface area (Å²) in [5.41, 5.74) is 7.50. The van der Waals surface area contributed by atoms with Gasteiger partial charge in [-0.25, -0.2) is 4.79 Å². The van der Waals surface area contributed by atoms with E-state index in [-0.39, 0.29) is 6.61 Å². The second-order valence-corrected chi connectivity index (χ2v) is 4.16. The molecule has 1 fully saturated rings. The molecule has 19 heavy (non-hydrogen) atoms. The van der Waals surface area contributed by atoms with Crippen molar-refractivity contribution in [2.75, 3.05) is 43.5 Å². The molecule has 0 bridgehead atoms. The highest BCUT2D eigenvalue weighted by atomic mass is 16.5. The number of morpholine rings is 1. The minimum atomic E-state index is -0.452. The molecule has 100 valence electrons. The maximum Gasteiger partial charge on any atom is 0.341 e. The molecule has 0 aliphatic carbocycles. The van der Waals surface area contributed by atoms with E-state index < -0.39 is 5.97 Å². The van der Waals surface area contributed by atoms with Crippen molar-refractivity contribution >= 4 is 17.3 Å². The van der Waals surface area contributed by atoms with Gasteiger partial charge in [-0.3, -0.25) is 0 Å². The molecular formula is C14H16N2O3. The molecule has 0 amide bonds. The standard InChI is InChI=1S/C14H16N2O3/c1-2-7-19-14(17)12-10-11(15)3-4-13(12)16-5-8-18-9-6-16/h1,3-4,10H,5-9,15H2. The van der Waals surface area contributed by atoms with E-state index in [0.717, 1.165) is 18.8 Å². The van der Waals surface area contributed by atoms with Gasteiger partial charge in [0.15, 0.2) is 6.61 Å². The van der Waals surface area contributed by atoms with E-state index in [2.05, 4.69) is 10.8 Å². The number of carbonyl (C=O) groups is 1. The van der Waals surface area contributed by atoms with Crippen molar-refractivity contribution < 1.29 is 14.3 Å². The van der Waals surface area contributed by atoms with Crippen LogP contribution in [-0.4, -0.2) is 38.9 Å². The highest BCUT2D eigenvalue weighted by Gasteiger charge is 2.19. The number of hydrogen-bond acceptors (Lipinski definition) is 5. The number of nitrogen functional groups attached to an aromatic ring is 1. The number of carbonyl (C=O) groups excluding carboxylic acids is 1. The molecule has 2 N–H and O–H groups in total. The first-order valence-corrected chi connectivity index (χ1v) is 6.05. The van der Waals surface area contributed by atoms with Gasteiger partial charge in [-0.05, 0) is 18.2 Å². The number of nitrogens with zero attached hydrogens (tertiary/aromatic N) is 1. The summed E-state index contributed by atoms with van der Waals surface area (Å²) in [6.45, 7) is 2.71. The van der Waals surface area contributed by atoms with Crippen molar-refractivity contribution in [1.29, 1.82) is 0 Å². The Morgan fingerprint density at radius 1 is 1.47 bits per heavy atom. The van der Waals surface area contributed by atoms with Crippen molar-refractivity contribution in [3.8, 4) is 12.3 Å². The Labute approximate surface area is 112 Å². The smallest absolute Gasteiger partial charge is 0.341 e. The summed E-state index contributed by atoms with van der Waals surface area (Å²) < 4.78 is 10.3. The largest absolute Gasteiger partial charge is 0.449 e. The number of terminal acetylenes is 1. The van der Waals surface area contributed by atoms with Crippen molar-refractivity contribution in [3.05, 3.63) is 23.8 Å². The predicted molar refractivity (Wildman–Crippen MR) is 73.0 cm³/mol. The van der Waals surface area contributed by atoms with E-state index in [1.54, 1.807) is 12.1 Å². The fraction of sp³-hybridized carbons (Fsp3) is 0.357. The van der Waals surface area contributed by atoms with Crippen LogP contribution in [-0.2, 0) is 9.47 Å². The van der Waals surface area contributed by atoms with Crippen LogP contribution in [0.25, 0.3) is 0 Å². The zero-order valence-electron chi connectivity index (χ0n) is 10.6. The lowest BCUT2D eigenvalue weighted by Crippen LogP contribution is -2.37. The van der Waals surface area contributed by atoms with Crippen LogP contribution in [0.2, 0.25) is 0 Å². The van der Waals surface area contributed by atoms with Gasteiger partial charge in [-0.1, -0.05) is 5.92 Å². The molecule has 0 radical (unpaired) electrons. The summed E-state index contributed by atoms with van der Waals surface area (Å²) in [5, 5.41) is 0. The van der Waals surface area contributed by atoms with Gasteiger partial charge in [-0.2, -0.15) is 0 Å². The van der Waals surface area contributed by atoms with E-state index in [0.29, 0.717) is 24.5 Å². The second kappa shape index (κ2) is 6.12. The SMILES string of the molecule is C#CCOC(=O)c1cc(N)ccc1N1CCOCC1. The summed E-state index contributed by atoms with van der Waals surface area (Å²) in [5.74, 6) is 1.82. The van der Waals surface area contributed by atoms with Crippen molar-refractivity contribution in [3.63, 3.8) is 0 Å². The maximum absolute atomic E-state index is 12.0. The van der Waals surface area contributed by atoms with Crippen LogP contribution in [0, 0.1) is 12.3 Å². The van der Waals surface area contributed by atoms with Crippen LogP contribution in [0.5, 0.6) is 0 Å². The quantitative estimate of drug-likeness (QED) is 0.497. The molecule has 1 heterocycles. The van der Waals surface area contributed by atoms with Gasteiger partial charge in [0.1, 0.15) is 0 Å². The first-order valence-electron chi connectivity index (χ1n) is 6.05. The third-order valence-corrected chi connectivity index (χ3v) is 2.88. The van der Waals surface area contributed by atoms with Gasteiger partial charge in [0.05, 0.1) is 24.5 Å². The summed E-state index contributed by atoms with van der Waals surface area (Å²) in [6.07, 6.45) is 5.09. The molecule has 1 aromatic rings. The van der Waals surface area contributed by atoms with Gasteiger partial charge in [0, 0.05) is 18.8 Å². The average molecular weight is 260 g/mol. The molecule has 1 aliphatic heterocycles. The third-order valence-electron chi connectivity index (χ3n) is 2.88. The monoisotopic (exact) mass is 260 g/mol. The summed E-state index contributed by atoms with van der Waals surface area (Å²) in [4.78, 5) is 14.1. The van der Waals surface area contributed by atoms with E-state index in [1.165, 1.54) is 0 Å². The Morgan fingerprint density at radius 2 is 2.21 bits per heavy atom. The molecule has 0 unspecified atom stereocenters. The number of ether oxygens (including phenoxy) is 2. The number of anilines is 2. The van der Waals surface area contributed by atoms with Crippen LogP contribution in [0.15, 0.2) is 18.2 Å².